The maximum Gasteiger partial charge on any atom is 0.264 e. The second kappa shape index (κ2) is 5.06. The molecule has 0 unspecified atom stereocenters. The van der Waals surface area contributed by atoms with Crippen LogP contribution in [0.5, 0.6) is 0 Å². The van der Waals surface area contributed by atoms with Crippen molar-refractivity contribution in [1.29, 1.82) is 0 Å². The molecule has 0 aliphatic heterocycles. The number of pyridine rings is 1. The van der Waals surface area contributed by atoms with Crippen LogP contribution in [0.2, 0.25) is 5.02 Å². The molecule has 0 amide bonds. The summed E-state index contributed by atoms with van der Waals surface area (Å²) in [6, 6.07) is 2.88. The van der Waals surface area contributed by atoms with E-state index in [-0.39, 0.29) is 15.7 Å². The second-order valence-corrected chi connectivity index (χ2v) is 5.82. The van der Waals surface area contributed by atoms with Crippen molar-refractivity contribution in [2.75, 3.05) is 17.1 Å². The number of hydrogen-bond donors (Lipinski definition) is 2. The molecule has 0 spiro atoms. The van der Waals surface area contributed by atoms with Crippen LogP contribution in [-0.2, 0) is 17.1 Å². The molecule has 0 bridgehead atoms. The van der Waals surface area contributed by atoms with Crippen LogP contribution >= 0.6 is 11.6 Å². The van der Waals surface area contributed by atoms with Crippen LogP contribution in [0.3, 0.4) is 0 Å². The predicted molar refractivity (Wildman–Crippen MR) is 72.8 cm³/mol. The fraction of sp³-hybridized carbons (Fsp3) is 0.200. The van der Waals surface area contributed by atoms with Gasteiger partial charge in [-0.2, -0.15) is 5.10 Å². The van der Waals surface area contributed by atoms with Crippen LogP contribution < -0.4 is 10.0 Å². The van der Waals surface area contributed by atoms with Gasteiger partial charge < -0.3 is 5.32 Å². The van der Waals surface area contributed by atoms with Gasteiger partial charge in [-0.3, -0.25) is 9.40 Å². The van der Waals surface area contributed by atoms with Gasteiger partial charge in [0.2, 0.25) is 0 Å². The highest BCUT2D eigenvalue weighted by Crippen LogP contribution is 2.23. The minimum absolute atomic E-state index is 0.0258. The van der Waals surface area contributed by atoms with Gasteiger partial charge in [0.05, 0.1) is 5.02 Å². The Bertz CT molecular complexity index is 698. The van der Waals surface area contributed by atoms with Crippen LogP contribution in [0.15, 0.2) is 29.4 Å². The summed E-state index contributed by atoms with van der Waals surface area (Å²) in [6.45, 7) is 0. The van der Waals surface area contributed by atoms with Crippen molar-refractivity contribution in [2.45, 2.75) is 4.90 Å². The van der Waals surface area contributed by atoms with E-state index in [9.17, 15) is 8.42 Å². The Morgan fingerprint density at radius 2 is 2.16 bits per heavy atom. The number of sulfonamides is 1. The van der Waals surface area contributed by atoms with Gasteiger partial charge in [0.1, 0.15) is 10.7 Å². The van der Waals surface area contributed by atoms with E-state index in [4.69, 9.17) is 11.6 Å². The summed E-state index contributed by atoms with van der Waals surface area (Å²) in [7, 11) is -0.408. The monoisotopic (exact) mass is 301 g/mol. The van der Waals surface area contributed by atoms with Crippen molar-refractivity contribution in [1.82, 2.24) is 14.8 Å². The zero-order chi connectivity index (χ0) is 14.0. The molecule has 0 fully saturated rings. The molecule has 7 nitrogen and oxygen atoms in total. The van der Waals surface area contributed by atoms with Gasteiger partial charge in [-0.1, -0.05) is 11.6 Å². The number of aromatic nitrogens is 3. The molecule has 0 radical (unpaired) electrons. The highest BCUT2D eigenvalue weighted by atomic mass is 35.5. The zero-order valence-electron chi connectivity index (χ0n) is 10.3. The Balaban J connectivity index is 2.31. The minimum atomic E-state index is -3.75. The average Bonchev–Trinajstić information content (AvgIpc) is 2.73. The van der Waals surface area contributed by atoms with Crippen molar-refractivity contribution in [3.05, 3.63) is 29.5 Å². The maximum atomic E-state index is 12.1. The van der Waals surface area contributed by atoms with Gasteiger partial charge in [-0.25, -0.2) is 13.4 Å². The maximum absolute atomic E-state index is 12.1. The summed E-state index contributed by atoms with van der Waals surface area (Å²) in [5, 5.41) is 6.92. The number of nitrogens with zero attached hydrogens (tertiary/aromatic N) is 3. The SMILES string of the molecule is CNc1ncc(S(=O)(=O)Nc2ccn(C)n2)cc1Cl. The van der Waals surface area contributed by atoms with E-state index in [2.05, 4.69) is 20.1 Å². The Labute approximate surface area is 115 Å². The Kier molecular flexibility index (Phi) is 3.63. The van der Waals surface area contributed by atoms with E-state index in [1.54, 1.807) is 26.4 Å². The number of nitrogens with one attached hydrogen (secondary N) is 2. The molecule has 0 saturated carbocycles. The molecule has 0 atom stereocenters. The van der Waals surface area contributed by atoms with Gasteiger partial charge in [0.15, 0.2) is 5.82 Å². The summed E-state index contributed by atoms with van der Waals surface area (Å²) >= 11 is 5.91. The Morgan fingerprint density at radius 1 is 1.42 bits per heavy atom. The van der Waals surface area contributed by atoms with Gasteiger partial charge in [0.25, 0.3) is 10.0 Å². The summed E-state index contributed by atoms with van der Waals surface area (Å²) in [5.41, 5.74) is 0. The van der Waals surface area contributed by atoms with Gasteiger partial charge in [-0.05, 0) is 6.07 Å². The molecule has 0 saturated heterocycles. The highest BCUT2D eigenvalue weighted by Gasteiger charge is 2.17. The summed E-state index contributed by atoms with van der Waals surface area (Å²) in [6.07, 6.45) is 2.86. The van der Waals surface area contributed by atoms with Crippen molar-refractivity contribution in [3.63, 3.8) is 0 Å². The van der Waals surface area contributed by atoms with Crippen LogP contribution in [-0.4, -0.2) is 30.2 Å². The summed E-state index contributed by atoms with van der Waals surface area (Å²) in [5.74, 6) is 0.648. The molecule has 19 heavy (non-hydrogen) atoms. The first-order valence-corrected chi connectivity index (χ1v) is 7.14. The van der Waals surface area contributed by atoms with Crippen molar-refractivity contribution < 1.29 is 8.42 Å². The normalized spacial score (nSPS) is 11.3. The van der Waals surface area contributed by atoms with E-state index in [1.165, 1.54) is 16.9 Å². The van der Waals surface area contributed by atoms with E-state index < -0.39 is 10.0 Å². The van der Waals surface area contributed by atoms with Gasteiger partial charge >= 0.3 is 0 Å². The smallest absolute Gasteiger partial charge is 0.264 e. The Hall–Kier alpha value is -1.80. The van der Waals surface area contributed by atoms with E-state index in [1.807, 2.05) is 0 Å². The molecule has 9 heteroatoms. The van der Waals surface area contributed by atoms with Crippen LogP contribution in [0, 0.1) is 0 Å². The largest absolute Gasteiger partial charge is 0.372 e. The topological polar surface area (TPSA) is 88.9 Å². The lowest BCUT2D eigenvalue weighted by Crippen LogP contribution is -2.14. The number of anilines is 2. The predicted octanol–water partition coefficient (Wildman–Crippen LogP) is 1.31. The Morgan fingerprint density at radius 3 is 2.68 bits per heavy atom. The molecule has 0 aliphatic rings. The third-order valence-electron chi connectivity index (χ3n) is 2.32. The first-order valence-electron chi connectivity index (χ1n) is 5.28. The van der Waals surface area contributed by atoms with Gasteiger partial charge in [-0.15, -0.1) is 0 Å². The van der Waals surface area contributed by atoms with E-state index >= 15 is 0 Å². The standard InChI is InChI=1S/C10H12ClN5O2S/c1-12-10-8(11)5-7(6-13-10)19(17,18)15-9-3-4-16(2)14-9/h3-6H,1-2H3,(H,12,13)(H,14,15). The fourth-order valence-electron chi connectivity index (χ4n) is 1.42. The second-order valence-electron chi connectivity index (χ2n) is 3.73. The third kappa shape index (κ3) is 2.96. The third-order valence-corrected chi connectivity index (χ3v) is 3.93. The lowest BCUT2D eigenvalue weighted by Gasteiger charge is -2.07. The summed E-state index contributed by atoms with van der Waals surface area (Å²) in [4.78, 5) is 3.90. The molecule has 0 aliphatic carbocycles. The van der Waals surface area contributed by atoms with Crippen molar-refractivity contribution in [3.8, 4) is 0 Å². The molecule has 2 aromatic heterocycles. The molecule has 2 aromatic rings. The molecular weight excluding hydrogens is 290 g/mol. The number of halogens is 1. The van der Waals surface area contributed by atoms with E-state index in [0.29, 0.717) is 5.82 Å². The molecule has 0 aromatic carbocycles. The molecule has 2 rings (SSSR count). The average molecular weight is 302 g/mol. The fourth-order valence-corrected chi connectivity index (χ4v) is 2.71. The van der Waals surface area contributed by atoms with Crippen LogP contribution in [0.25, 0.3) is 0 Å². The van der Waals surface area contributed by atoms with Crippen LogP contribution in [0.4, 0.5) is 11.6 Å². The first kappa shape index (κ1) is 13.6. The molecule has 2 N–H and O–H groups in total. The number of aryl methyl sites for hydroxylation is 1. The minimum Gasteiger partial charge on any atom is -0.372 e. The van der Waals surface area contributed by atoms with Crippen molar-refractivity contribution >= 4 is 33.3 Å². The summed E-state index contributed by atoms with van der Waals surface area (Å²) < 4.78 is 28.0. The zero-order valence-corrected chi connectivity index (χ0v) is 11.8. The van der Waals surface area contributed by atoms with E-state index in [0.717, 1.165) is 0 Å². The molecule has 102 valence electrons. The number of rotatable bonds is 4. The number of hydrogen-bond acceptors (Lipinski definition) is 5. The van der Waals surface area contributed by atoms with Crippen molar-refractivity contribution in [2.24, 2.45) is 7.05 Å². The lowest BCUT2D eigenvalue weighted by atomic mass is 10.4. The highest BCUT2D eigenvalue weighted by molar-refractivity contribution is 7.92. The molecular formula is C10H12ClN5O2S. The molecule has 2 heterocycles. The van der Waals surface area contributed by atoms with Gasteiger partial charge in [0, 0.05) is 32.6 Å². The first-order chi connectivity index (χ1) is 8.92. The quantitative estimate of drug-likeness (QED) is 0.889. The van der Waals surface area contributed by atoms with Crippen LogP contribution in [0.1, 0.15) is 0 Å². The lowest BCUT2D eigenvalue weighted by molar-refractivity contribution is 0.600.